The molecule has 5 nitrogen and oxygen atoms in total. The molecule has 0 amide bonds. The van der Waals surface area contributed by atoms with Crippen LogP contribution in [0.2, 0.25) is 0 Å². The molecular formula is C26H24N2O3. The average Bonchev–Trinajstić information content (AvgIpc) is 3.17. The van der Waals surface area contributed by atoms with Crippen molar-refractivity contribution in [3.8, 4) is 6.07 Å². The van der Waals surface area contributed by atoms with Crippen LogP contribution in [-0.2, 0) is 16.6 Å². The molecule has 0 aromatic heterocycles. The number of benzene rings is 2. The maximum atomic E-state index is 13.7. The second-order valence-corrected chi connectivity index (χ2v) is 9.04. The quantitative estimate of drug-likeness (QED) is 0.695. The molecule has 0 spiro atoms. The maximum absolute atomic E-state index is 13.7. The lowest BCUT2D eigenvalue weighted by Crippen LogP contribution is -2.38. The van der Waals surface area contributed by atoms with Crippen LogP contribution >= 0.6 is 0 Å². The van der Waals surface area contributed by atoms with Gasteiger partial charge < -0.3 is 9.64 Å². The molecule has 5 heteroatoms. The van der Waals surface area contributed by atoms with E-state index in [0.717, 1.165) is 46.6 Å². The van der Waals surface area contributed by atoms with Crippen LogP contribution in [0.25, 0.3) is 5.57 Å². The Balaban J connectivity index is 1.69. The van der Waals surface area contributed by atoms with E-state index in [-0.39, 0.29) is 17.0 Å². The van der Waals surface area contributed by atoms with E-state index in [1.165, 1.54) is 0 Å². The second-order valence-electron chi connectivity index (χ2n) is 9.04. The highest BCUT2D eigenvalue weighted by Crippen LogP contribution is 2.51. The number of rotatable bonds is 2. The molecule has 31 heavy (non-hydrogen) atoms. The molecule has 0 saturated carbocycles. The van der Waals surface area contributed by atoms with Crippen LogP contribution in [0.15, 0.2) is 35.9 Å². The van der Waals surface area contributed by atoms with Gasteiger partial charge in [-0.3, -0.25) is 9.59 Å². The largest absolute Gasteiger partial charge is 0.378 e. The summed E-state index contributed by atoms with van der Waals surface area (Å²) in [5.74, 6) is -0.0658. The van der Waals surface area contributed by atoms with Crippen molar-refractivity contribution in [1.29, 1.82) is 5.26 Å². The molecule has 0 atom stereocenters. The van der Waals surface area contributed by atoms with Crippen LogP contribution in [-0.4, -0.2) is 37.9 Å². The smallest absolute Gasteiger partial charge is 0.193 e. The summed E-state index contributed by atoms with van der Waals surface area (Å²) in [7, 11) is 0. The topological polar surface area (TPSA) is 70.4 Å². The molecular weight excluding hydrogens is 388 g/mol. The van der Waals surface area contributed by atoms with Gasteiger partial charge in [-0.25, -0.2) is 0 Å². The van der Waals surface area contributed by atoms with Crippen LogP contribution in [0.4, 0.5) is 5.69 Å². The van der Waals surface area contributed by atoms with Gasteiger partial charge in [0.25, 0.3) is 0 Å². The lowest BCUT2D eigenvalue weighted by Gasteiger charge is -2.37. The third-order valence-electron chi connectivity index (χ3n) is 6.94. The fourth-order valence-electron chi connectivity index (χ4n) is 5.23. The van der Waals surface area contributed by atoms with E-state index >= 15 is 0 Å². The molecule has 0 radical (unpaired) electrons. The molecule has 2 aromatic rings. The number of allylic oxidation sites excluding steroid dienone is 2. The van der Waals surface area contributed by atoms with Crippen molar-refractivity contribution in [2.75, 3.05) is 31.2 Å². The molecule has 1 fully saturated rings. The SMILES string of the molecule is CC(=O)c1cc2c(cc1N1CCOCC1)C(C)(C)C1=C(C2=O)c2ccc(C#N)cc2C1. The molecule has 5 rings (SSSR count). The number of carbonyl (C=O) groups is 2. The van der Waals surface area contributed by atoms with E-state index in [9.17, 15) is 14.9 Å². The molecule has 1 heterocycles. The third kappa shape index (κ3) is 2.86. The molecule has 3 aliphatic rings. The summed E-state index contributed by atoms with van der Waals surface area (Å²) in [5.41, 5.74) is 7.09. The molecule has 1 saturated heterocycles. The van der Waals surface area contributed by atoms with Gasteiger partial charge in [-0.15, -0.1) is 0 Å². The zero-order valence-corrected chi connectivity index (χ0v) is 18.0. The Kier molecular flexibility index (Phi) is 4.39. The summed E-state index contributed by atoms with van der Waals surface area (Å²) in [6.45, 7) is 8.57. The van der Waals surface area contributed by atoms with Crippen molar-refractivity contribution in [2.24, 2.45) is 0 Å². The van der Waals surface area contributed by atoms with Gasteiger partial charge in [0, 0.05) is 40.9 Å². The first-order valence-corrected chi connectivity index (χ1v) is 10.7. The van der Waals surface area contributed by atoms with Gasteiger partial charge in [-0.2, -0.15) is 5.26 Å². The van der Waals surface area contributed by atoms with E-state index in [1.807, 2.05) is 12.1 Å². The van der Waals surface area contributed by atoms with E-state index in [4.69, 9.17) is 4.74 Å². The Labute approximate surface area is 181 Å². The highest BCUT2D eigenvalue weighted by Gasteiger charge is 2.43. The predicted molar refractivity (Wildman–Crippen MR) is 119 cm³/mol. The van der Waals surface area contributed by atoms with Crippen LogP contribution in [0, 0.1) is 11.3 Å². The van der Waals surface area contributed by atoms with Crippen LogP contribution in [0.5, 0.6) is 0 Å². The van der Waals surface area contributed by atoms with E-state index in [1.54, 1.807) is 19.1 Å². The average molecular weight is 412 g/mol. The molecule has 0 bridgehead atoms. The lowest BCUT2D eigenvalue weighted by atomic mass is 9.68. The van der Waals surface area contributed by atoms with Crippen molar-refractivity contribution in [1.82, 2.24) is 0 Å². The minimum absolute atomic E-state index is 0.0242. The summed E-state index contributed by atoms with van der Waals surface area (Å²) in [6, 6.07) is 11.6. The fraction of sp³-hybridized carbons (Fsp3) is 0.346. The normalized spacial score (nSPS) is 18.9. The van der Waals surface area contributed by atoms with Gasteiger partial charge in [0.2, 0.25) is 0 Å². The lowest BCUT2D eigenvalue weighted by molar-refractivity contribution is 0.101. The number of nitrogens with zero attached hydrogens (tertiary/aromatic N) is 2. The number of ether oxygens (including phenoxy) is 1. The maximum Gasteiger partial charge on any atom is 0.193 e. The number of anilines is 1. The summed E-state index contributed by atoms with van der Waals surface area (Å²) in [4.78, 5) is 28.4. The molecule has 2 aliphatic carbocycles. The zero-order valence-electron chi connectivity index (χ0n) is 18.0. The molecule has 0 unspecified atom stereocenters. The van der Waals surface area contributed by atoms with Crippen molar-refractivity contribution in [3.05, 3.63) is 69.3 Å². The standard InChI is InChI=1S/C26H24N2O3/c1-15(29)19-12-20-21(13-23(19)28-6-8-31-9-7-28)26(2,3)22-11-17-10-16(14-27)4-5-18(17)24(22)25(20)30/h4-5,10,12-13H,6-9,11H2,1-3H3. The Morgan fingerprint density at radius 1 is 1.13 bits per heavy atom. The minimum atomic E-state index is -0.360. The number of fused-ring (bicyclic) bond motifs is 3. The Morgan fingerprint density at radius 3 is 2.55 bits per heavy atom. The third-order valence-corrected chi connectivity index (χ3v) is 6.94. The fourth-order valence-corrected chi connectivity index (χ4v) is 5.23. The van der Waals surface area contributed by atoms with Gasteiger partial charge in [-0.1, -0.05) is 19.9 Å². The number of nitriles is 1. The number of carbonyl (C=O) groups excluding carboxylic acids is 2. The van der Waals surface area contributed by atoms with Gasteiger partial charge >= 0.3 is 0 Å². The molecule has 0 N–H and O–H groups in total. The van der Waals surface area contributed by atoms with E-state index in [0.29, 0.717) is 36.3 Å². The monoisotopic (exact) mass is 412 g/mol. The first-order valence-electron chi connectivity index (χ1n) is 10.7. The number of hydrogen-bond donors (Lipinski definition) is 0. The highest BCUT2D eigenvalue weighted by atomic mass is 16.5. The van der Waals surface area contributed by atoms with E-state index in [2.05, 4.69) is 30.9 Å². The Bertz CT molecular complexity index is 1220. The van der Waals surface area contributed by atoms with Crippen molar-refractivity contribution < 1.29 is 14.3 Å². The Hall–Kier alpha value is -3.23. The molecule has 156 valence electrons. The molecule has 2 aromatic carbocycles. The first kappa shape index (κ1) is 19.7. The van der Waals surface area contributed by atoms with Gasteiger partial charge in [0.15, 0.2) is 11.6 Å². The minimum Gasteiger partial charge on any atom is -0.378 e. The number of morpholine rings is 1. The number of hydrogen-bond acceptors (Lipinski definition) is 5. The van der Waals surface area contributed by atoms with Gasteiger partial charge in [0.05, 0.1) is 24.8 Å². The molecule has 1 aliphatic heterocycles. The van der Waals surface area contributed by atoms with Crippen molar-refractivity contribution in [3.63, 3.8) is 0 Å². The highest BCUT2D eigenvalue weighted by molar-refractivity contribution is 6.33. The van der Waals surface area contributed by atoms with Crippen LogP contribution < -0.4 is 4.90 Å². The summed E-state index contributed by atoms with van der Waals surface area (Å²) in [5, 5.41) is 9.28. The summed E-state index contributed by atoms with van der Waals surface area (Å²) < 4.78 is 5.49. The first-order chi connectivity index (χ1) is 14.8. The van der Waals surface area contributed by atoms with Crippen LogP contribution in [0.3, 0.4) is 0 Å². The van der Waals surface area contributed by atoms with Crippen molar-refractivity contribution >= 4 is 22.8 Å². The number of Topliss-reactive ketones (excluding diaryl/α,β-unsaturated/α-hetero) is 2. The predicted octanol–water partition coefficient (Wildman–Crippen LogP) is 4.08. The van der Waals surface area contributed by atoms with Crippen molar-refractivity contribution in [2.45, 2.75) is 32.6 Å². The zero-order chi connectivity index (χ0) is 21.9. The second kappa shape index (κ2) is 6.90. The number of ketones is 2. The summed E-state index contributed by atoms with van der Waals surface area (Å²) >= 11 is 0. The van der Waals surface area contributed by atoms with E-state index < -0.39 is 0 Å². The Morgan fingerprint density at radius 2 is 1.87 bits per heavy atom. The van der Waals surface area contributed by atoms with Crippen LogP contribution in [0.1, 0.15) is 63.7 Å². The van der Waals surface area contributed by atoms with Gasteiger partial charge in [0.1, 0.15) is 0 Å². The van der Waals surface area contributed by atoms with Gasteiger partial charge in [-0.05, 0) is 59.9 Å². The summed E-state index contributed by atoms with van der Waals surface area (Å²) in [6.07, 6.45) is 0.666.